The first kappa shape index (κ1) is 13.2. The van der Waals surface area contributed by atoms with Crippen LogP contribution in [0.2, 0.25) is 5.02 Å². The van der Waals surface area contributed by atoms with Crippen molar-refractivity contribution in [1.29, 1.82) is 0 Å². The summed E-state index contributed by atoms with van der Waals surface area (Å²) >= 11 is 7.89. The molecule has 17 heavy (non-hydrogen) atoms. The molecule has 0 aromatic heterocycles. The van der Waals surface area contributed by atoms with E-state index in [9.17, 15) is 0 Å². The zero-order valence-electron chi connectivity index (χ0n) is 9.82. The third-order valence-electron chi connectivity index (χ3n) is 2.83. The SMILES string of the molecule is Clc1ccccc1SCCNCC1CCOC1. The Kier molecular flexibility index (Phi) is 5.65. The third kappa shape index (κ3) is 4.51. The van der Waals surface area contributed by atoms with Crippen LogP contribution in [-0.2, 0) is 4.74 Å². The molecular formula is C13H18ClNOS. The van der Waals surface area contributed by atoms with Crippen molar-refractivity contribution in [3.8, 4) is 0 Å². The molecule has 1 fully saturated rings. The molecule has 0 radical (unpaired) electrons. The van der Waals surface area contributed by atoms with Gasteiger partial charge in [-0.25, -0.2) is 0 Å². The number of benzene rings is 1. The number of hydrogen-bond acceptors (Lipinski definition) is 3. The van der Waals surface area contributed by atoms with Gasteiger partial charge in [0.05, 0.1) is 11.6 Å². The van der Waals surface area contributed by atoms with E-state index in [2.05, 4.69) is 11.4 Å². The van der Waals surface area contributed by atoms with Crippen LogP contribution < -0.4 is 5.32 Å². The average molecular weight is 272 g/mol. The van der Waals surface area contributed by atoms with Crippen LogP contribution >= 0.6 is 23.4 Å². The molecular weight excluding hydrogens is 254 g/mol. The molecule has 1 unspecified atom stereocenters. The van der Waals surface area contributed by atoms with Crippen molar-refractivity contribution < 1.29 is 4.74 Å². The van der Waals surface area contributed by atoms with Crippen molar-refractivity contribution in [2.24, 2.45) is 5.92 Å². The van der Waals surface area contributed by atoms with Crippen LogP contribution in [-0.4, -0.2) is 32.1 Å². The lowest BCUT2D eigenvalue weighted by Gasteiger charge is -2.09. The van der Waals surface area contributed by atoms with Gasteiger partial charge < -0.3 is 10.1 Å². The lowest BCUT2D eigenvalue weighted by atomic mass is 10.1. The lowest BCUT2D eigenvalue weighted by Crippen LogP contribution is -2.25. The van der Waals surface area contributed by atoms with E-state index in [0.717, 1.165) is 37.1 Å². The molecule has 0 spiro atoms. The Bertz CT molecular complexity index is 342. The van der Waals surface area contributed by atoms with Gasteiger partial charge in [0.15, 0.2) is 0 Å². The first-order chi connectivity index (χ1) is 8.36. The zero-order chi connectivity index (χ0) is 11.9. The fraction of sp³-hybridized carbons (Fsp3) is 0.538. The van der Waals surface area contributed by atoms with Gasteiger partial charge in [-0.1, -0.05) is 23.7 Å². The minimum absolute atomic E-state index is 0.709. The molecule has 2 rings (SSSR count). The van der Waals surface area contributed by atoms with Gasteiger partial charge in [-0.05, 0) is 24.5 Å². The maximum absolute atomic E-state index is 6.08. The van der Waals surface area contributed by atoms with Crippen molar-refractivity contribution in [2.75, 3.05) is 32.1 Å². The van der Waals surface area contributed by atoms with Crippen LogP contribution in [0.3, 0.4) is 0 Å². The predicted molar refractivity (Wildman–Crippen MR) is 74.0 cm³/mol. The highest BCUT2D eigenvalue weighted by Gasteiger charge is 2.14. The Hall–Kier alpha value is -0.220. The van der Waals surface area contributed by atoms with Crippen LogP contribution in [0, 0.1) is 5.92 Å². The Morgan fingerprint density at radius 3 is 3.06 bits per heavy atom. The topological polar surface area (TPSA) is 21.3 Å². The maximum atomic E-state index is 6.08. The molecule has 0 bridgehead atoms. The molecule has 1 N–H and O–H groups in total. The summed E-state index contributed by atoms with van der Waals surface area (Å²) in [6.07, 6.45) is 1.20. The van der Waals surface area contributed by atoms with Crippen LogP contribution in [0.5, 0.6) is 0 Å². The molecule has 0 amide bonds. The highest BCUT2D eigenvalue weighted by molar-refractivity contribution is 7.99. The highest BCUT2D eigenvalue weighted by Crippen LogP contribution is 2.25. The van der Waals surface area contributed by atoms with E-state index in [-0.39, 0.29) is 0 Å². The number of rotatable bonds is 6. The number of halogens is 1. The Morgan fingerprint density at radius 1 is 1.41 bits per heavy atom. The van der Waals surface area contributed by atoms with Crippen molar-refractivity contribution in [3.63, 3.8) is 0 Å². The second-order valence-electron chi connectivity index (χ2n) is 4.21. The summed E-state index contributed by atoms with van der Waals surface area (Å²) < 4.78 is 5.34. The fourth-order valence-electron chi connectivity index (χ4n) is 1.85. The number of ether oxygens (including phenoxy) is 1. The van der Waals surface area contributed by atoms with E-state index >= 15 is 0 Å². The quantitative estimate of drug-likeness (QED) is 0.635. The second kappa shape index (κ2) is 7.27. The van der Waals surface area contributed by atoms with E-state index in [1.54, 1.807) is 11.8 Å². The van der Waals surface area contributed by atoms with Gasteiger partial charge in [0.25, 0.3) is 0 Å². The molecule has 2 nitrogen and oxygen atoms in total. The molecule has 0 aliphatic carbocycles. The Balaban J connectivity index is 1.58. The van der Waals surface area contributed by atoms with Gasteiger partial charge >= 0.3 is 0 Å². The molecule has 94 valence electrons. The van der Waals surface area contributed by atoms with E-state index in [0.29, 0.717) is 5.92 Å². The largest absolute Gasteiger partial charge is 0.381 e. The summed E-state index contributed by atoms with van der Waals surface area (Å²) in [5, 5.41) is 4.32. The molecule has 1 saturated heterocycles. The lowest BCUT2D eigenvalue weighted by molar-refractivity contribution is 0.185. The highest BCUT2D eigenvalue weighted by atomic mass is 35.5. The molecule has 4 heteroatoms. The van der Waals surface area contributed by atoms with Gasteiger partial charge in [0, 0.05) is 30.3 Å². The van der Waals surface area contributed by atoms with Gasteiger partial charge in [-0.15, -0.1) is 11.8 Å². The summed E-state index contributed by atoms with van der Waals surface area (Å²) in [6.45, 7) is 3.95. The first-order valence-electron chi connectivity index (χ1n) is 6.02. The third-order valence-corrected chi connectivity index (χ3v) is 4.35. The van der Waals surface area contributed by atoms with Crippen molar-refractivity contribution >= 4 is 23.4 Å². The monoisotopic (exact) mass is 271 g/mol. The van der Waals surface area contributed by atoms with Gasteiger partial charge in [-0.2, -0.15) is 0 Å². The van der Waals surface area contributed by atoms with Crippen LogP contribution in [0.25, 0.3) is 0 Å². The summed E-state index contributed by atoms with van der Waals surface area (Å²) in [4.78, 5) is 1.17. The summed E-state index contributed by atoms with van der Waals surface area (Å²) in [6, 6.07) is 7.99. The van der Waals surface area contributed by atoms with E-state index < -0.39 is 0 Å². The minimum Gasteiger partial charge on any atom is -0.381 e. The van der Waals surface area contributed by atoms with Gasteiger partial charge in [0.2, 0.25) is 0 Å². The molecule has 1 atom stereocenters. The summed E-state index contributed by atoms with van der Waals surface area (Å²) in [5.41, 5.74) is 0. The van der Waals surface area contributed by atoms with Crippen LogP contribution in [0.1, 0.15) is 6.42 Å². The van der Waals surface area contributed by atoms with E-state index in [1.807, 2.05) is 18.2 Å². The Labute approximate surface area is 112 Å². The zero-order valence-corrected chi connectivity index (χ0v) is 11.4. The fourth-order valence-corrected chi connectivity index (χ4v) is 2.99. The normalized spacial score (nSPS) is 19.7. The molecule has 1 aromatic rings. The number of nitrogens with one attached hydrogen (secondary N) is 1. The second-order valence-corrected chi connectivity index (χ2v) is 5.76. The van der Waals surface area contributed by atoms with Gasteiger partial charge in [0.1, 0.15) is 0 Å². The van der Waals surface area contributed by atoms with E-state index in [1.165, 1.54) is 11.3 Å². The molecule has 1 heterocycles. The van der Waals surface area contributed by atoms with Gasteiger partial charge in [-0.3, -0.25) is 0 Å². The maximum Gasteiger partial charge on any atom is 0.0541 e. The molecule has 0 saturated carbocycles. The molecule has 1 aliphatic rings. The standard InChI is InChI=1S/C13H18ClNOS/c14-12-3-1-2-4-13(12)17-8-6-15-9-11-5-7-16-10-11/h1-4,11,15H,5-10H2. The van der Waals surface area contributed by atoms with Crippen molar-refractivity contribution in [1.82, 2.24) is 5.32 Å². The Morgan fingerprint density at radius 2 is 2.29 bits per heavy atom. The van der Waals surface area contributed by atoms with Crippen molar-refractivity contribution in [2.45, 2.75) is 11.3 Å². The minimum atomic E-state index is 0.709. The summed E-state index contributed by atoms with van der Waals surface area (Å²) in [7, 11) is 0. The molecule has 1 aliphatic heterocycles. The smallest absolute Gasteiger partial charge is 0.0541 e. The van der Waals surface area contributed by atoms with Crippen LogP contribution in [0.15, 0.2) is 29.2 Å². The van der Waals surface area contributed by atoms with Crippen molar-refractivity contribution in [3.05, 3.63) is 29.3 Å². The predicted octanol–water partition coefficient (Wildman–Crippen LogP) is 3.06. The first-order valence-corrected chi connectivity index (χ1v) is 7.38. The number of hydrogen-bond donors (Lipinski definition) is 1. The van der Waals surface area contributed by atoms with Crippen LogP contribution in [0.4, 0.5) is 0 Å². The molecule has 1 aromatic carbocycles. The summed E-state index contributed by atoms with van der Waals surface area (Å²) in [5.74, 6) is 1.76. The number of thioether (sulfide) groups is 1. The average Bonchev–Trinajstić information content (AvgIpc) is 2.84. The van der Waals surface area contributed by atoms with E-state index in [4.69, 9.17) is 16.3 Å².